The maximum Gasteiger partial charge on any atom is 0.587 e. The topological polar surface area (TPSA) is 57.9 Å². The predicted octanol–water partition coefficient (Wildman–Crippen LogP) is 3.81. The van der Waals surface area contributed by atoms with Crippen molar-refractivity contribution in [2.75, 3.05) is 6.61 Å². The first-order valence-corrected chi connectivity index (χ1v) is 7.46. The summed E-state index contributed by atoms with van der Waals surface area (Å²) in [5, 5.41) is 0. The fourth-order valence-electron chi connectivity index (χ4n) is 1.79. The van der Waals surface area contributed by atoms with E-state index in [1.165, 1.54) is 0 Å². The third-order valence-corrected chi connectivity index (χ3v) is 4.01. The number of hydrogen-bond acceptors (Lipinski definition) is 5. The van der Waals surface area contributed by atoms with Crippen molar-refractivity contribution in [3.8, 4) is 11.5 Å². The van der Waals surface area contributed by atoms with E-state index in [2.05, 4.69) is 0 Å². The zero-order valence-electron chi connectivity index (χ0n) is 10.2. The molecule has 1 aliphatic rings. The van der Waals surface area contributed by atoms with Crippen molar-refractivity contribution in [2.45, 2.75) is 12.8 Å². The highest BCUT2D eigenvalue weighted by molar-refractivity contribution is 7.49. The average molecular weight is 280 g/mol. The van der Waals surface area contributed by atoms with E-state index in [0.717, 1.165) is 12.2 Å². The molecule has 0 aliphatic carbocycles. The first kappa shape index (κ1) is 12.3. The smallest absolute Gasteiger partial charge is 0.469 e. The second-order valence-corrected chi connectivity index (χ2v) is 5.61. The summed E-state index contributed by atoms with van der Waals surface area (Å²) in [6, 6.07) is 10.7. The molecule has 19 heavy (non-hydrogen) atoms. The number of benzene rings is 1. The number of para-hydroxylation sites is 2. The number of furan rings is 1. The predicted molar refractivity (Wildman–Crippen MR) is 68.3 cm³/mol. The van der Waals surface area contributed by atoms with Crippen LogP contribution >= 0.6 is 7.82 Å². The van der Waals surface area contributed by atoms with Crippen molar-refractivity contribution in [1.82, 2.24) is 0 Å². The van der Waals surface area contributed by atoms with Gasteiger partial charge in [-0.1, -0.05) is 12.1 Å². The fourth-order valence-corrected chi connectivity index (χ4v) is 3.07. The van der Waals surface area contributed by atoms with Crippen molar-refractivity contribution >= 4 is 7.82 Å². The van der Waals surface area contributed by atoms with Crippen LogP contribution < -0.4 is 9.05 Å². The van der Waals surface area contributed by atoms with Gasteiger partial charge < -0.3 is 13.5 Å². The minimum Gasteiger partial charge on any atom is -0.469 e. The van der Waals surface area contributed by atoms with E-state index >= 15 is 0 Å². The summed E-state index contributed by atoms with van der Waals surface area (Å²) in [4.78, 5) is 0. The van der Waals surface area contributed by atoms with Crippen LogP contribution in [0.1, 0.15) is 12.2 Å². The molecular formula is C13H13O5P. The van der Waals surface area contributed by atoms with E-state index in [0.29, 0.717) is 17.9 Å². The first-order valence-electron chi connectivity index (χ1n) is 6.00. The Morgan fingerprint density at radius 3 is 2.42 bits per heavy atom. The molecule has 0 bridgehead atoms. The molecule has 0 atom stereocenters. The third-order valence-electron chi connectivity index (χ3n) is 2.67. The van der Waals surface area contributed by atoms with Crippen LogP contribution in [-0.4, -0.2) is 6.61 Å². The Bertz CT molecular complexity index is 564. The zero-order valence-corrected chi connectivity index (χ0v) is 11.0. The molecule has 100 valence electrons. The van der Waals surface area contributed by atoms with E-state index in [9.17, 15) is 4.57 Å². The summed E-state index contributed by atoms with van der Waals surface area (Å²) in [7, 11) is -3.49. The summed E-state index contributed by atoms with van der Waals surface area (Å²) >= 11 is 0. The number of aryl methyl sites for hydroxylation is 1. The summed E-state index contributed by atoms with van der Waals surface area (Å²) in [6.45, 7) is 0.284. The van der Waals surface area contributed by atoms with Gasteiger partial charge in [-0.05, 0) is 30.7 Å². The number of phosphoric acid groups is 1. The van der Waals surface area contributed by atoms with E-state index < -0.39 is 7.82 Å². The summed E-state index contributed by atoms with van der Waals surface area (Å²) in [5.74, 6) is 1.78. The van der Waals surface area contributed by atoms with Gasteiger partial charge in [0.05, 0.1) is 12.9 Å². The Kier molecular flexibility index (Phi) is 3.32. The molecule has 0 N–H and O–H groups in total. The van der Waals surface area contributed by atoms with Gasteiger partial charge >= 0.3 is 7.82 Å². The van der Waals surface area contributed by atoms with Crippen molar-refractivity contribution in [2.24, 2.45) is 0 Å². The number of hydrogen-bond donors (Lipinski definition) is 0. The zero-order chi connectivity index (χ0) is 13.1. The minimum atomic E-state index is -3.49. The fraction of sp³-hybridized carbons (Fsp3) is 0.231. The summed E-state index contributed by atoms with van der Waals surface area (Å²) in [5.41, 5.74) is 0. The van der Waals surface area contributed by atoms with Gasteiger partial charge in [0.15, 0.2) is 11.5 Å². The molecule has 5 nitrogen and oxygen atoms in total. The lowest BCUT2D eigenvalue weighted by molar-refractivity contribution is 0.223. The molecule has 0 amide bonds. The molecule has 0 saturated carbocycles. The van der Waals surface area contributed by atoms with E-state index in [-0.39, 0.29) is 6.61 Å². The van der Waals surface area contributed by atoms with Crippen LogP contribution in [-0.2, 0) is 15.5 Å². The molecule has 6 heteroatoms. The van der Waals surface area contributed by atoms with E-state index in [4.69, 9.17) is 18.0 Å². The lowest BCUT2D eigenvalue weighted by atomic mass is 10.3. The van der Waals surface area contributed by atoms with Gasteiger partial charge in [0.25, 0.3) is 0 Å². The van der Waals surface area contributed by atoms with Gasteiger partial charge in [0, 0.05) is 6.42 Å². The van der Waals surface area contributed by atoms with Gasteiger partial charge in [-0.2, -0.15) is 0 Å². The quantitative estimate of drug-likeness (QED) is 0.615. The average Bonchev–Trinajstić information content (AvgIpc) is 3.00. The Balaban J connectivity index is 1.50. The van der Waals surface area contributed by atoms with Gasteiger partial charge in [-0.3, -0.25) is 4.52 Å². The molecule has 0 fully saturated rings. The lowest BCUT2D eigenvalue weighted by Gasteiger charge is -2.09. The molecule has 1 aromatic carbocycles. The highest BCUT2D eigenvalue weighted by Crippen LogP contribution is 2.58. The van der Waals surface area contributed by atoms with Crippen LogP contribution in [0.3, 0.4) is 0 Å². The molecule has 0 spiro atoms. The third kappa shape index (κ3) is 2.83. The normalized spacial score (nSPS) is 15.6. The van der Waals surface area contributed by atoms with Crippen LogP contribution in [0.15, 0.2) is 47.1 Å². The number of phosphoric ester groups is 1. The van der Waals surface area contributed by atoms with Crippen LogP contribution in [0.5, 0.6) is 11.5 Å². The molecule has 1 aromatic heterocycles. The summed E-state index contributed by atoms with van der Waals surface area (Å²) < 4.78 is 33.0. The van der Waals surface area contributed by atoms with Crippen LogP contribution in [0.4, 0.5) is 0 Å². The summed E-state index contributed by atoms with van der Waals surface area (Å²) in [6.07, 6.45) is 3.03. The molecule has 1 aliphatic heterocycles. The Labute approximate surface area is 110 Å². The monoisotopic (exact) mass is 280 g/mol. The van der Waals surface area contributed by atoms with E-state index in [1.54, 1.807) is 30.5 Å². The van der Waals surface area contributed by atoms with Gasteiger partial charge in [-0.25, -0.2) is 4.57 Å². The molecule has 2 heterocycles. The SMILES string of the molecule is O=P1(OCCCc2ccco2)Oc2ccccc2O1. The molecule has 3 rings (SSSR count). The highest BCUT2D eigenvalue weighted by Gasteiger charge is 2.38. The van der Waals surface area contributed by atoms with Crippen molar-refractivity contribution < 1.29 is 22.6 Å². The van der Waals surface area contributed by atoms with Crippen LogP contribution in [0.25, 0.3) is 0 Å². The Morgan fingerprint density at radius 1 is 1.05 bits per heavy atom. The molecular weight excluding hydrogens is 267 g/mol. The van der Waals surface area contributed by atoms with Gasteiger partial charge in [0.1, 0.15) is 5.76 Å². The molecule has 0 radical (unpaired) electrons. The maximum absolute atomic E-state index is 12.1. The van der Waals surface area contributed by atoms with Crippen LogP contribution in [0.2, 0.25) is 0 Å². The molecule has 2 aromatic rings. The van der Waals surface area contributed by atoms with E-state index in [1.807, 2.05) is 12.1 Å². The number of fused-ring (bicyclic) bond motifs is 1. The molecule has 0 unspecified atom stereocenters. The first-order chi connectivity index (χ1) is 9.25. The highest BCUT2D eigenvalue weighted by atomic mass is 31.2. The second-order valence-electron chi connectivity index (χ2n) is 4.09. The van der Waals surface area contributed by atoms with Crippen LogP contribution in [0, 0.1) is 0 Å². The molecule has 0 saturated heterocycles. The van der Waals surface area contributed by atoms with Crippen molar-refractivity contribution in [3.05, 3.63) is 48.4 Å². The van der Waals surface area contributed by atoms with Crippen molar-refractivity contribution in [1.29, 1.82) is 0 Å². The van der Waals surface area contributed by atoms with Crippen molar-refractivity contribution in [3.63, 3.8) is 0 Å². The van der Waals surface area contributed by atoms with Gasteiger partial charge in [0.2, 0.25) is 0 Å². The Morgan fingerprint density at radius 2 is 1.79 bits per heavy atom. The standard InChI is InChI=1S/C13H13O5P/c14-19(16-10-4-6-11-5-3-9-15-11)17-12-7-1-2-8-13(12)18-19/h1-3,5,7-9H,4,6,10H2. The second kappa shape index (κ2) is 5.11. The number of rotatable bonds is 5. The maximum atomic E-state index is 12.1. The minimum absolute atomic E-state index is 0.284. The van der Waals surface area contributed by atoms with Gasteiger partial charge in [-0.15, -0.1) is 0 Å². The Hall–Kier alpha value is -1.71. The largest absolute Gasteiger partial charge is 0.587 e. The lowest BCUT2D eigenvalue weighted by Crippen LogP contribution is -2.00.